The van der Waals surface area contributed by atoms with Crippen LogP contribution in [-0.4, -0.2) is 50.0 Å². The number of rotatable bonds is 11. The Morgan fingerprint density at radius 1 is 0.878 bits per heavy atom. The van der Waals surface area contributed by atoms with E-state index < -0.39 is 27.6 Å². The van der Waals surface area contributed by atoms with Crippen LogP contribution in [0.4, 0.5) is 11.4 Å². The molecule has 0 saturated heterocycles. The van der Waals surface area contributed by atoms with Gasteiger partial charge in [-0.3, -0.25) is 4.31 Å². The van der Waals surface area contributed by atoms with Gasteiger partial charge in [-0.15, -0.1) is 0 Å². The molecular formula is C31H40N2O7S. The van der Waals surface area contributed by atoms with Crippen molar-refractivity contribution in [1.82, 2.24) is 0 Å². The fourth-order valence-electron chi connectivity index (χ4n) is 5.59. The van der Waals surface area contributed by atoms with Crippen LogP contribution in [0.1, 0.15) is 62.5 Å². The average molecular weight is 585 g/mol. The summed E-state index contributed by atoms with van der Waals surface area (Å²) in [5.41, 5.74) is 0.644. The Balaban J connectivity index is 1.92. The molecule has 1 heterocycles. The molecule has 10 heteroatoms. The van der Waals surface area contributed by atoms with E-state index in [4.69, 9.17) is 4.42 Å². The second-order valence-corrected chi connectivity index (χ2v) is 12.5. The molecule has 0 fully saturated rings. The Morgan fingerprint density at radius 2 is 1.51 bits per heavy atom. The molecule has 3 N–H and O–H groups in total. The summed E-state index contributed by atoms with van der Waals surface area (Å²) in [6, 6.07) is 13.8. The molecule has 9 nitrogen and oxygen atoms in total. The zero-order chi connectivity index (χ0) is 29.6. The number of hydrogen-bond donors (Lipinski definition) is 3. The smallest absolute Gasteiger partial charge is 0.345 e. The average Bonchev–Trinajstić information content (AvgIpc) is 2.94. The zero-order valence-electron chi connectivity index (χ0n) is 23.7. The molecule has 0 amide bonds. The van der Waals surface area contributed by atoms with Crippen molar-refractivity contribution in [1.29, 1.82) is 0 Å². The Hall–Kier alpha value is -3.34. The molecule has 1 aromatic heterocycles. The van der Waals surface area contributed by atoms with Gasteiger partial charge in [0.2, 0.25) is 0 Å². The summed E-state index contributed by atoms with van der Waals surface area (Å²) >= 11 is 0. The largest absolute Gasteiger partial charge is 0.507 e. The van der Waals surface area contributed by atoms with Crippen molar-refractivity contribution >= 4 is 21.4 Å². The number of benzene rings is 2. The van der Waals surface area contributed by atoms with Gasteiger partial charge in [0.05, 0.1) is 29.8 Å². The number of aromatic hydroxyl groups is 1. The quantitative estimate of drug-likeness (QED) is 0.303. The predicted octanol–water partition coefficient (Wildman–Crippen LogP) is 4.39. The SMILES string of the molecule is CC(C)C(c1c(O)c2c(oc1=O)CCCCCC2)N(c1ccccc1)S(=O)(=O)c1cccc(N(CCO)CCO)c1. The Bertz CT molecular complexity index is 1470. The topological polar surface area (TPSA) is 132 Å². The zero-order valence-corrected chi connectivity index (χ0v) is 24.5. The third kappa shape index (κ3) is 6.60. The van der Waals surface area contributed by atoms with Crippen molar-refractivity contribution < 1.29 is 28.2 Å². The first-order valence-electron chi connectivity index (χ1n) is 14.2. The second kappa shape index (κ2) is 13.5. The van der Waals surface area contributed by atoms with E-state index in [2.05, 4.69) is 0 Å². The lowest BCUT2D eigenvalue weighted by atomic mass is 9.91. The maximum atomic E-state index is 14.5. The second-order valence-electron chi connectivity index (χ2n) is 10.7. The predicted molar refractivity (Wildman–Crippen MR) is 159 cm³/mol. The number of anilines is 2. The first-order chi connectivity index (χ1) is 19.7. The summed E-state index contributed by atoms with van der Waals surface area (Å²) in [4.78, 5) is 15.2. The summed E-state index contributed by atoms with van der Waals surface area (Å²) in [5, 5.41) is 30.6. The van der Waals surface area contributed by atoms with Gasteiger partial charge in [0.25, 0.3) is 10.0 Å². The summed E-state index contributed by atoms with van der Waals surface area (Å²) in [6.45, 7) is 3.71. The lowest BCUT2D eigenvalue weighted by Crippen LogP contribution is -2.40. The van der Waals surface area contributed by atoms with Crippen LogP contribution in [0.15, 0.2) is 68.7 Å². The van der Waals surface area contributed by atoms with Gasteiger partial charge in [-0.25, -0.2) is 13.2 Å². The molecule has 41 heavy (non-hydrogen) atoms. The van der Waals surface area contributed by atoms with Gasteiger partial charge in [0.15, 0.2) is 0 Å². The molecule has 4 rings (SSSR count). The molecule has 1 unspecified atom stereocenters. The highest BCUT2D eigenvalue weighted by atomic mass is 32.2. The van der Waals surface area contributed by atoms with Crippen LogP contribution in [-0.2, 0) is 22.9 Å². The number of nitrogens with zero attached hydrogens (tertiary/aromatic N) is 2. The van der Waals surface area contributed by atoms with Gasteiger partial charge >= 0.3 is 5.63 Å². The minimum Gasteiger partial charge on any atom is -0.507 e. The lowest BCUT2D eigenvalue weighted by Gasteiger charge is -2.36. The summed E-state index contributed by atoms with van der Waals surface area (Å²) < 4.78 is 36.1. The highest BCUT2D eigenvalue weighted by molar-refractivity contribution is 7.92. The minimum absolute atomic E-state index is 0.0273. The minimum atomic E-state index is -4.31. The summed E-state index contributed by atoms with van der Waals surface area (Å²) in [5.74, 6) is -0.124. The first-order valence-corrected chi connectivity index (χ1v) is 15.7. The summed E-state index contributed by atoms with van der Waals surface area (Å²) in [7, 11) is -4.31. The monoisotopic (exact) mass is 584 g/mol. The molecule has 0 radical (unpaired) electrons. The van der Waals surface area contributed by atoms with Crippen molar-refractivity contribution in [3.05, 3.63) is 81.9 Å². The molecule has 0 spiro atoms. The van der Waals surface area contributed by atoms with Crippen LogP contribution in [0.2, 0.25) is 0 Å². The van der Waals surface area contributed by atoms with Gasteiger partial charge in [-0.1, -0.05) is 51.0 Å². The van der Waals surface area contributed by atoms with Crippen molar-refractivity contribution in [2.45, 2.75) is 63.3 Å². The fraction of sp³-hybridized carbons (Fsp3) is 0.452. The molecule has 1 aliphatic rings. The third-order valence-corrected chi connectivity index (χ3v) is 9.37. The van der Waals surface area contributed by atoms with E-state index in [-0.39, 0.29) is 42.5 Å². The Kier molecular flexibility index (Phi) is 10.1. The van der Waals surface area contributed by atoms with Gasteiger partial charge in [0, 0.05) is 30.8 Å². The standard InChI is InChI=1S/C31H40N2O7S/c1-22(2)29(28-30(36)26-15-8-3-4-9-16-27(26)40-31(28)37)33(23-11-6-5-7-12-23)41(38,39)25-14-10-13-24(21-25)32(17-19-34)18-20-35/h5-7,10-14,21-22,29,34-36H,3-4,8-9,15-20H2,1-2H3. The van der Waals surface area contributed by atoms with E-state index in [0.29, 0.717) is 35.5 Å². The van der Waals surface area contributed by atoms with Crippen molar-refractivity contribution in [2.24, 2.45) is 5.92 Å². The molecular weight excluding hydrogens is 544 g/mol. The van der Waals surface area contributed by atoms with E-state index in [1.807, 2.05) is 13.8 Å². The number of aliphatic hydroxyl groups excluding tert-OH is 2. The summed E-state index contributed by atoms with van der Waals surface area (Å²) in [6.07, 6.45) is 4.82. The van der Waals surface area contributed by atoms with Crippen LogP contribution in [0.25, 0.3) is 0 Å². The maximum absolute atomic E-state index is 14.5. The molecule has 222 valence electrons. The van der Waals surface area contributed by atoms with Crippen molar-refractivity contribution in [3.8, 4) is 5.75 Å². The fourth-order valence-corrected chi connectivity index (χ4v) is 7.39. The highest BCUT2D eigenvalue weighted by Gasteiger charge is 2.39. The van der Waals surface area contributed by atoms with Crippen molar-refractivity contribution in [2.75, 3.05) is 35.5 Å². The van der Waals surface area contributed by atoms with Crippen LogP contribution in [0, 0.1) is 5.92 Å². The molecule has 1 atom stereocenters. The number of aliphatic hydroxyl groups is 2. The maximum Gasteiger partial charge on any atom is 0.345 e. The van der Waals surface area contributed by atoms with Gasteiger partial charge in [-0.05, 0) is 55.5 Å². The van der Waals surface area contributed by atoms with E-state index >= 15 is 0 Å². The van der Waals surface area contributed by atoms with E-state index in [1.165, 1.54) is 16.4 Å². The van der Waals surface area contributed by atoms with E-state index in [1.54, 1.807) is 47.4 Å². The van der Waals surface area contributed by atoms with Crippen LogP contribution in [0.3, 0.4) is 0 Å². The lowest BCUT2D eigenvalue weighted by molar-refractivity contribution is 0.281. The number of para-hydroxylation sites is 1. The van der Waals surface area contributed by atoms with Gasteiger partial charge in [-0.2, -0.15) is 0 Å². The van der Waals surface area contributed by atoms with Crippen LogP contribution in [0.5, 0.6) is 5.75 Å². The van der Waals surface area contributed by atoms with Gasteiger partial charge < -0.3 is 24.6 Å². The number of fused-ring (bicyclic) bond motifs is 1. The molecule has 0 saturated carbocycles. The Labute approximate surface area is 241 Å². The normalized spacial score (nSPS) is 14.7. The number of hydrogen-bond acceptors (Lipinski definition) is 8. The van der Waals surface area contributed by atoms with Crippen LogP contribution < -0.4 is 14.8 Å². The Morgan fingerprint density at radius 3 is 2.15 bits per heavy atom. The number of aryl methyl sites for hydroxylation is 1. The van der Waals surface area contributed by atoms with Crippen LogP contribution >= 0.6 is 0 Å². The van der Waals surface area contributed by atoms with E-state index in [0.717, 1.165) is 25.7 Å². The van der Waals surface area contributed by atoms with Crippen molar-refractivity contribution in [3.63, 3.8) is 0 Å². The van der Waals surface area contributed by atoms with E-state index in [9.17, 15) is 28.5 Å². The highest BCUT2D eigenvalue weighted by Crippen LogP contribution is 2.42. The molecule has 3 aromatic rings. The first kappa shape index (κ1) is 30.6. The molecule has 1 aliphatic carbocycles. The molecule has 0 bridgehead atoms. The third-order valence-electron chi connectivity index (χ3n) is 7.56. The molecule has 0 aliphatic heterocycles. The molecule has 2 aromatic carbocycles. The number of sulfonamides is 1. The van der Waals surface area contributed by atoms with Gasteiger partial charge in [0.1, 0.15) is 17.1 Å².